The number of hydrogen-bond donors (Lipinski definition) is 2. The highest BCUT2D eigenvalue weighted by atomic mass is 32.2. The van der Waals surface area contributed by atoms with Gasteiger partial charge in [-0.2, -0.15) is 0 Å². The maximum absolute atomic E-state index is 12.6. The molecule has 13 heteroatoms. The van der Waals surface area contributed by atoms with Crippen molar-refractivity contribution in [2.45, 2.75) is 30.5 Å². The zero-order valence-corrected chi connectivity index (χ0v) is 22.3. The fourth-order valence-corrected chi connectivity index (χ4v) is 6.51. The molecule has 0 fully saturated rings. The molecule has 2 N–H and O–H groups in total. The summed E-state index contributed by atoms with van der Waals surface area (Å²) in [6, 6.07) is 4.83. The van der Waals surface area contributed by atoms with Crippen molar-refractivity contribution in [1.29, 1.82) is 0 Å². The van der Waals surface area contributed by atoms with Crippen molar-refractivity contribution in [3.8, 4) is 11.5 Å². The van der Waals surface area contributed by atoms with Crippen LogP contribution >= 0.6 is 34.4 Å². The van der Waals surface area contributed by atoms with Gasteiger partial charge in [-0.25, -0.2) is 4.79 Å². The van der Waals surface area contributed by atoms with Crippen molar-refractivity contribution in [1.82, 2.24) is 10.2 Å². The van der Waals surface area contributed by atoms with E-state index >= 15 is 0 Å². The number of nitrogens with zero attached hydrogens (tertiary/aromatic N) is 2. The zero-order chi connectivity index (χ0) is 25.7. The van der Waals surface area contributed by atoms with Crippen molar-refractivity contribution in [3.05, 3.63) is 39.8 Å². The number of nitrogens with one attached hydrogen (secondary N) is 2. The second-order valence-electron chi connectivity index (χ2n) is 7.52. The molecule has 3 aromatic rings. The fourth-order valence-electron chi connectivity index (χ4n) is 3.67. The number of anilines is 2. The van der Waals surface area contributed by atoms with Gasteiger partial charge in [-0.15, -0.1) is 21.5 Å². The van der Waals surface area contributed by atoms with E-state index in [9.17, 15) is 14.4 Å². The third-order valence-electron chi connectivity index (χ3n) is 5.25. The number of thioether (sulfide) groups is 1. The Morgan fingerprint density at radius 2 is 1.86 bits per heavy atom. The molecule has 10 nitrogen and oxygen atoms in total. The van der Waals surface area contributed by atoms with Crippen molar-refractivity contribution < 1.29 is 28.6 Å². The van der Waals surface area contributed by atoms with Gasteiger partial charge in [0.05, 0.1) is 32.1 Å². The monoisotopic (exact) mass is 548 g/mol. The van der Waals surface area contributed by atoms with Crippen LogP contribution in [0.25, 0.3) is 0 Å². The number of carbonyl (C=O) groups is 3. The third kappa shape index (κ3) is 5.79. The number of methoxy groups -OCH3 is 2. The van der Waals surface area contributed by atoms with E-state index in [1.165, 1.54) is 37.3 Å². The molecule has 0 atom stereocenters. The van der Waals surface area contributed by atoms with E-state index in [-0.39, 0.29) is 24.2 Å². The van der Waals surface area contributed by atoms with Crippen LogP contribution in [0.1, 0.15) is 44.5 Å². The molecule has 0 radical (unpaired) electrons. The van der Waals surface area contributed by atoms with Crippen LogP contribution in [0.2, 0.25) is 0 Å². The molecule has 1 aromatic carbocycles. The predicted molar refractivity (Wildman–Crippen MR) is 139 cm³/mol. The van der Waals surface area contributed by atoms with Gasteiger partial charge in [0.25, 0.3) is 5.91 Å². The number of ether oxygens (including phenoxy) is 3. The van der Waals surface area contributed by atoms with E-state index in [1.54, 1.807) is 25.1 Å². The smallest absolute Gasteiger partial charge is 0.341 e. The number of thiophene rings is 1. The first-order chi connectivity index (χ1) is 17.4. The van der Waals surface area contributed by atoms with Crippen LogP contribution < -0.4 is 20.1 Å². The highest BCUT2D eigenvalue weighted by Crippen LogP contribution is 2.39. The summed E-state index contributed by atoms with van der Waals surface area (Å²) in [5.41, 5.74) is 1.83. The van der Waals surface area contributed by atoms with Gasteiger partial charge in [0.2, 0.25) is 11.0 Å². The number of aryl methyl sites for hydroxylation is 1. The van der Waals surface area contributed by atoms with Gasteiger partial charge in [0.1, 0.15) is 5.00 Å². The molecule has 2 heterocycles. The van der Waals surface area contributed by atoms with Gasteiger partial charge in [-0.1, -0.05) is 23.1 Å². The molecule has 0 saturated heterocycles. The molecule has 2 aromatic heterocycles. The first-order valence-corrected chi connectivity index (χ1v) is 13.7. The van der Waals surface area contributed by atoms with Gasteiger partial charge in [0.15, 0.2) is 15.8 Å². The van der Waals surface area contributed by atoms with Crippen LogP contribution in [0.5, 0.6) is 11.5 Å². The number of rotatable bonds is 10. The lowest BCUT2D eigenvalue weighted by Crippen LogP contribution is -2.16. The molecule has 0 saturated carbocycles. The number of amides is 2. The summed E-state index contributed by atoms with van der Waals surface area (Å²) >= 11 is 3.78. The van der Waals surface area contributed by atoms with Gasteiger partial charge in [-0.3, -0.25) is 14.9 Å². The molecule has 0 aliphatic heterocycles. The Morgan fingerprint density at radius 3 is 2.61 bits per heavy atom. The van der Waals surface area contributed by atoms with Crippen molar-refractivity contribution in [2.75, 3.05) is 37.2 Å². The second-order valence-corrected chi connectivity index (χ2v) is 10.8. The summed E-state index contributed by atoms with van der Waals surface area (Å²) in [6.07, 6.45) is 2.71. The Balaban J connectivity index is 1.34. The summed E-state index contributed by atoms with van der Waals surface area (Å²) in [4.78, 5) is 38.8. The number of benzene rings is 1. The van der Waals surface area contributed by atoms with Crippen molar-refractivity contribution in [2.24, 2.45) is 0 Å². The Kier molecular flexibility index (Phi) is 8.44. The lowest BCUT2D eigenvalue weighted by Gasteiger charge is -2.08. The number of carbonyl (C=O) groups excluding carboxylic acids is 3. The number of esters is 1. The van der Waals surface area contributed by atoms with Crippen LogP contribution in [0.15, 0.2) is 22.5 Å². The first-order valence-electron chi connectivity index (χ1n) is 11.0. The molecule has 0 unspecified atom stereocenters. The highest BCUT2D eigenvalue weighted by Gasteiger charge is 2.28. The molecule has 4 rings (SSSR count). The molecular weight excluding hydrogens is 524 g/mol. The maximum atomic E-state index is 12.6. The van der Waals surface area contributed by atoms with Crippen molar-refractivity contribution in [3.63, 3.8) is 0 Å². The minimum absolute atomic E-state index is 0.0725. The molecule has 0 bridgehead atoms. The Hall–Kier alpha value is -3.16. The molecular formula is C23H24N4O6S3. The third-order valence-corrected chi connectivity index (χ3v) is 8.43. The molecule has 0 spiro atoms. The lowest BCUT2D eigenvalue weighted by molar-refractivity contribution is -0.113. The normalized spacial score (nSPS) is 12.1. The summed E-state index contributed by atoms with van der Waals surface area (Å²) < 4.78 is 16.1. The van der Waals surface area contributed by atoms with Crippen LogP contribution in [0.3, 0.4) is 0 Å². The second kappa shape index (κ2) is 11.7. The van der Waals surface area contributed by atoms with E-state index in [4.69, 9.17) is 14.2 Å². The SMILES string of the molecule is CCOC(=O)c1c(NC(=O)CSc2nnc(NC(=O)c3ccc(OC)c(OC)c3)s2)sc2c1CCC2. The first kappa shape index (κ1) is 25.9. The topological polar surface area (TPSA) is 129 Å². The maximum Gasteiger partial charge on any atom is 0.341 e. The number of fused-ring (bicyclic) bond motifs is 1. The summed E-state index contributed by atoms with van der Waals surface area (Å²) in [6.45, 7) is 2.03. The fraction of sp³-hybridized carbons (Fsp3) is 0.348. The molecule has 1 aliphatic carbocycles. The molecule has 1 aliphatic rings. The van der Waals surface area contributed by atoms with E-state index < -0.39 is 5.97 Å². The van der Waals surface area contributed by atoms with Gasteiger partial charge in [-0.05, 0) is 49.9 Å². The van der Waals surface area contributed by atoms with Gasteiger partial charge < -0.3 is 19.5 Å². The zero-order valence-electron chi connectivity index (χ0n) is 19.8. The highest BCUT2D eigenvalue weighted by molar-refractivity contribution is 8.01. The molecule has 36 heavy (non-hydrogen) atoms. The van der Waals surface area contributed by atoms with Gasteiger partial charge >= 0.3 is 5.97 Å². The van der Waals surface area contributed by atoms with Crippen molar-refractivity contribution >= 4 is 62.4 Å². The standard InChI is InChI=1S/C23H24N4O6S3/c1-4-33-21(30)18-13-6-5-7-16(13)35-20(18)24-17(28)11-34-23-27-26-22(36-23)25-19(29)12-8-9-14(31-2)15(10-12)32-3/h8-10H,4-7,11H2,1-3H3,(H,24,28)(H,25,26,29). The Labute approximate surface area is 219 Å². The minimum Gasteiger partial charge on any atom is -0.493 e. The minimum atomic E-state index is -0.404. The van der Waals surface area contributed by atoms with E-state index in [0.29, 0.717) is 37.1 Å². The number of hydrogen-bond acceptors (Lipinski definition) is 11. The van der Waals surface area contributed by atoms with Gasteiger partial charge in [0, 0.05) is 10.4 Å². The number of aromatic nitrogens is 2. The molecule has 190 valence electrons. The quantitative estimate of drug-likeness (QED) is 0.217. The van der Waals surface area contributed by atoms with E-state index in [1.807, 2.05) is 0 Å². The van der Waals surface area contributed by atoms with Crippen LogP contribution in [-0.2, 0) is 22.4 Å². The summed E-state index contributed by atoms with van der Waals surface area (Å²) in [7, 11) is 3.01. The van der Waals surface area contributed by atoms with E-state index in [2.05, 4.69) is 20.8 Å². The van der Waals surface area contributed by atoms with Crippen LogP contribution in [-0.4, -0.2) is 54.6 Å². The summed E-state index contributed by atoms with van der Waals surface area (Å²) in [5.74, 6) is -0.0207. The largest absolute Gasteiger partial charge is 0.493 e. The lowest BCUT2D eigenvalue weighted by atomic mass is 10.1. The van der Waals surface area contributed by atoms with E-state index in [0.717, 1.165) is 41.0 Å². The van der Waals surface area contributed by atoms with Crippen LogP contribution in [0, 0.1) is 0 Å². The predicted octanol–water partition coefficient (Wildman–Crippen LogP) is 4.27. The van der Waals surface area contributed by atoms with Crippen LogP contribution in [0.4, 0.5) is 10.1 Å². The summed E-state index contributed by atoms with van der Waals surface area (Å²) in [5, 5.41) is 14.4. The molecule has 2 amide bonds. The average Bonchev–Trinajstić information content (AvgIpc) is 3.58. The Morgan fingerprint density at radius 1 is 1.06 bits per heavy atom. The Bertz CT molecular complexity index is 1290. The average molecular weight is 549 g/mol.